The minimum Gasteiger partial charge on any atom is -0.507 e. The molecule has 1 heterocycles. The zero-order chi connectivity index (χ0) is 16.4. The maximum atomic E-state index is 11.5. The van der Waals surface area contributed by atoms with E-state index in [0.29, 0.717) is 16.6 Å². The van der Waals surface area contributed by atoms with Crippen molar-refractivity contribution in [1.29, 1.82) is 0 Å². The number of allylic oxidation sites excluding steroid dienone is 1. The van der Waals surface area contributed by atoms with Crippen molar-refractivity contribution < 1.29 is 14.6 Å². The van der Waals surface area contributed by atoms with Gasteiger partial charge in [0.2, 0.25) is 6.41 Å². The summed E-state index contributed by atoms with van der Waals surface area (Å²) < 4.78 is 6.01. The number of rotatable bonds is 4. The molecule has 0 bridgehead atoms. The van der Waals surface area contributed by atoms with Crippen molar-refractivity contribution >= 4 is 22.3 Å². The highest BCUT2D eigenvalue weighted by Gasteiger charge is 2.29. The van der Waals surface area contributed by atoms with Crippen molar-refractivity contribution in [1.82, 2.24) is 4.90 Å². The lowest BCUT2D eigenvalue weighted by Gasteiger charge is -2.37. The monoisotopic (exact) mass is 377 g/mol. The first-order valence-corrected chi connectivity index (χ1v) is 8.58. The van der Waals surface area contributed by atoms with Gasteiger partial charge in [0.15, 0.2) is 0 Å². The summed E-state index contributed by atoms with van der Waals surface area (Å²) in [6, 6.07) is 3.55. The van der Waals surface area contributed by atoms with Gasteiger partial charge in [-0.05, 0) is 52.4 Å². The molecule has 0 aromatic heterocycles. The highest BCUT2D eigenvalue weighted by molar-refractivity contribution is 9.10. The van der Waals surface area contributed by atoms with Crippen LogP contribution in [0.3, 0.4) is 0 Å². The Morgan fingerprint density at radius 3 is 3.00 bits per heavy atom. The maximum absolute atomic E-state index is 11.5. The van der Waals surface area contributed by atoms with Gasteiger partial charge in [-0.3, -0.25) is 4.79 Å². The zero-order valence-corrected chi connectivity index (χ0v) is 14.7. The molecule has 1 aliphatic heterocycles. The van der Waals surface area contributed by atoms with Gasteiger partial charge >= 0.3 is 0 Å². The Bertz CT molecular complexity index is 681. The molecule has 0 saturated carbocycles. The molecular formula is C18H20BrNO3. The third kappa shape index (κ3) is 3.02. The first kappa shape index (κ1) is 16.1. The lowest BCUT2D eigenvalue weighted by molar-refractivity contribution is -0.119. The fourth-order valence-electron chi connectivity index (χ4n) is 3.47. The third-order valence-electron chi connectivity index (χ3n) is 4.66. The molecule has 2 aliphatic rings. The second-order valence-electron chi connectivity index (χ2n) is 5.90. The Labute approximate surface area is 144 Å². The van der Waals surface area contributed by atoms with E-state index < -0.39 is 0 Å². The second kappa shape index (κ2) is 6.79. The van der Waals surface area contributed by atoms with Gasteiger partial charge < -0.3 is 14.7 Å². The molecule has 1 unspecified atom stereocenters. The number of carbonyl (C=O) groups is 1. The fourth-order valence-corrected chi connectivity index (χ4v) is 4.02. The Hall–Kier alpha value is -1.75. The summed E-state index contributed by atoms with van der Waals surface area (Å²) >= 11 is 3.37. The first-order valence-electron chi connectivity index (χ1n) is 7.79. The highest BCUT2D eigenvalue weighted by atomic mass is 79.9. The van der Waals surface area contributed by atoms with Crippen molar-refractivity contribution in [2.45, 2.75) is 31.7 Å². The molecule has 0 fully saturated rings. The molecule has 1 N–H and O–H groups in total. The Morgan fingerprint density at radius 2 is 2.26 bits per heavy atom. The van der Waals surface area contributed by atoms with Gasteiger partial charge in [-0.25, -0.2) is 0 Å². The zero-order valence-electron chi connectivity index (χ0n) is 13.1. The average Bonchev–Trinajstić information content (AvgIpc) is 2.58. The van der Waals surface area contributed by atoms with E-state index in [-0.39, 0.29) is 11.8 Å². The van der Waals surface area contributed by atoms with Gasteiger partial charge in [0.25, 0.3) is 0 Å². The summed E-state index contributed by atoms with van der Waals surface area (Å²) in [6.07, 6.45) is 9.10. The average molecular weight is 378 g/mol. The number of amides is 1. The number of hydrogen-bond donors (Lipinski definition) is 1. The number of aromatic hydroxyl groups is 1. The van der Waals surface area contributed by atoms with Gasteiger partial charge in [0.1, 0.15) is 16.0 Å². The Morgan fingerprint density at radius 1 is 1.43 bits per heavy atom. The van der Waals surface area contributed by atoms with Crippen LogP contribution in [0.5, 0.6) is 11.5 Å². The maximum Gasteiger partial charge on any atom is 0.210 e. The molecule has 5 heteroatoms. The van der Waals surface area contributed by atoms with Crippen LogP contribution in [0.2, 0.25) is 0 Å². The molecule has 4 nitrogen and oxygen atoms in total. The van der Waals surface area contributed by atoms with Crippen LogP contribution in [0.4, 0.5) is 0 Å². The fraction of sp³-hybridized carbons (Fsp3) is 0.389. The number of phenols is 1. The van der Waals surface area contributed by atoms with Crippen LogP contribution >= 0.6 is 15.9 Å². The van der Waals surface area contributed by atoms with Gasteiger partial charge in [-0.1, -0.05) is 23.8 Å². The first-order chi connectivity index (χ1) is 11.2. The molecule has 1 atom stereocenters. The van der Waals surface area contributed by atoms with E-state index in [4.69, 9.17) is 4.74 Å². The molecule has 122 valence electrons. The van der Waals surface area contributed by atoms with E-state index in [2.05, 4.69) is 28.1 Å². The SMILES string of the molecule is COc1c(CC2C3=C(CCC=C3)CCN2C=O)ccc(O)c1Br. The minimum atomic E-state index is 0.0261. The number of methoxy groups -OCH3 is 1. The van der Waals surface area contributed by atoms with Crippen LogP contribution in [0.1, 0.15) is 24.8 Å². The van der Waals surface area contributed by atoms with Gasteiger partial charge in [-0.2, -0.15) is 0 Å². The summed E-state index contributed by atoms with van der Waals surface area (Å²) in [5, 5.41) is 9.83. The lowest BCUT2D eigenvalue weighted by atomic mass is 9.84. The van der Waals surface area contributed by atoms with Gasteiger partial charge in [0.05, 0.1) is 13.2 Å². The lowest BCUT2D eigenvalue weighted by Crippen LogP contribution is -2.42. The number of benzene rings is 1. The van der Waals surface area contributed by atoms with Crippen LogP contribution in [-0.4, -0.2) is 36.1 Å². The summed E-state index contributed by atoms with van der Waals surface area (Å²) in [5.74, 6) is 0.780. The van der Waals surface area contributed by atoms with E-state index >= 15 is 0 Å². The Balaban J connectivity index is 1.98. The molecule has 0 radical (unpaired) electrons. The quantitative estimate of drug-likeness (QED) is 0.815. The standard InChI is InChI=1S/C18H20BrNO3/c1-23-18-13(6-7-16(22)17(18)19)10-15-14-5-3-2-4-12(14)8-9-20(15)11-21/h3,5-7,11,15,22H,2,4,8-10H2,1H3. The number of phenolic OH excluding ortho intramolecular Hbond substituents is 1. The second-order valence-corrected chi connectivity index (χ2v) is 6.70. The smallest absolute Gasteiger partial charge is 0.210 e. The molecule has 23 heavy (non-hydrogen) atoms. The van der Waals surface area contributed by atoms with E-state index in [0.717, 1.165) is 37.8 Å². The van der Waals surface area contributed by atoms with Crippen LogP contribution < -0.4 is 4.74 Å². The van der Waals surface area contributed by atoms with Crippen molar-refractivity contribution in [3.05, 3.63) is 45.5 Å². The number of carbonyl (C=O) groups excluding carboxylic acids is 1. The van der Waals surface area contributed by atoms with Crippen molar-refractivity contribution in [3.63, 3.8) is 0 Å². The van der Waals surface area contributed by atoms with Crippen molar-refractivity contribution in [2.24, 2.45) is 0 Å². The van der Waals surface area contributed by atoms with Crippen molar-refractivity contribution in [3.8, 4) is 11.5 Å². The largest absolute Gasteiger partial charge is 0.507 e. The predicted octanol–water partition coefficient (Wildman–Crippen LogP) is 3.58. The molecular weight excluding hydrogens is 358 g/mol. The van der Waals surface area contributed by atoms with E-state index in [1.54, 1.807) is 13.2 Å². The molecule has 1 amide bonds. The van der Waals surface area contributed by atoms with E-state index in [1.165, 1.54) is 11.1 Å². The minimum absolute atomic E-state index is 0.0261. The third-order valence-corrected chi connectivity index (χ3v) is 5.43. The van der Waals surface area contributed by atoms with E-state index in [1.807, 2.05) is 11.0 Å². The van der Waals surface area contributed by atoms with Crippen LogP contribution in [0, 0.1) is 0 Å². The molecule has 1 aromatic carbocycles. The molecule has 0 saturated heterocycles. The van der Waals surface area contributed by atoms with Gasteiger partial charge in [0, 0.05) is 13.0 Å². The number of nitrogens with zero attached hydrogens (tertiary/aromatic N) is 1. The summed E-state index contributed by atoms with van der Waals surface area (Å²) in [5.41, 5.74) is 3.70. The number of halogens is 1. The van der Waals surface area contributed by atoms with E-state index in [9.17, 15) is 9.90 Å². The topological polar surface area (TPSA) is 49.8 Å². The highest BCUT2D eigenvalue weighted by Crippen LogP contribution is 2.39. The van der Waals surface area contributed by atoms with Crippen LogP contribution in [-0.2, 0) is 11.2 Å². The number of hydrogen-bond acceptors (Lipinski definition) is 3. The summed E-state index contributed by atoms with van der Waals surface area (Å²) in [4.78, 5) is 13.4. The Kier molecular flexibility index (Phi) is 4.76. The van der Waals surface area contributed by atoms with Crippen LogP contribution in [0.15, 0.2) is 39.9 Å². The summed E-state index contributed by atoms with van der Waals surface area (Å²) in [6.45, 7) is 0.766. The van der Waals surface area contributed by atoms with Crippen molar-refractivity contribution in [2.75, 3.05) is 13.7 Å². The molecule has 3 rings (SSSR count). The number of ether oxygens (including phenoxy) is 1. The molecule has 1 aromatic rings. The normalized spacial score (nSPS) is 20.4. The predicted molar refractivity (Wildman–Crippen MR) is 92.6 cm³/mol. The molecule has 0 spiro atoms. The van der Waals surface area contributed by atoms with Gasteiger partial charge in [-0.15, -0.1) is 0 Å². The molecule has 1 aliphatic carbocycles. The summed E-state index contributed by atoms with van der Waals surface area (Å²) in [7, 11) is 1.59. The van der Waals surface area contributed by atoms with Crippen LogP contribution in [0.25, 0.3) is 0 Å².